The summed E-state index contributed by atoms with van der Waals surface area (Å²) in [6, 6.07) is 12.0. The first-order valence-electron chi connectivity index (χ1n) is 9.45. The van der Waals surface area contributed by atoms with E-state index in [0.29, 0.717) is 28.9 Å². The summed E-state index contributed by atoms with van der Waals surface area (Å²) in [5.41, 5.74) is 2.62. The number of esters is 1. The molecule has 30 heavy (non-hydrogen) atoms. The molecule has 0 atom stereocenters. The monoisotopic (exact) mass is 440 g/mol. The molecule has 3 heterocycles. The van der Waals surface area contributed by atoms with Crippen LogP contribution in [0.25, 0.3) is 10.2 Å². The van der Waals surface area contributed by atoms with Crippen LogP contribution in [0.4, 0.5) is 5.13 Å². The molecule has 4 aromatic rings. The van der Waals surface area contributed by atoms with Gasteiger partial charge in [-0.3, -0.25) is 19.6 Å². The van der Waals surface area contributed by atoms with Gasteiger partial charge < -0.3 is 4.74 Å². The summed E-state index contributed by atoms with van der Waals surface area (Å²) in [7, 11) is 0. The summed E-state index contributed by atoms with van der Waals surface area (Å²) >= 11 is 2.69. The first-order valence-corrected chi connectivity index (χ1v) is 11.2. The van der Waals surface area contributed by atoms with Gasteiger partial charge in [0.1, 0.15) is 4.83 Å². The number of aromatic nitrogens is 3. The number of nitrogens with zero attached hydrogens (tertiary/aromatic N) is 3. The van der Waals surface area contributed by atoms with E-state index in [2.05, 4.69) is 27.5 Å². The fourth-order valence-electron chi connectivity index (χ4n) is 3.05. The maximum absolute atomic E-state index is 12.7. The molecule has 0 fully saturated rings. The van der Waals surface area contributed by atoms with E-state index in [0.717, 1.165) is 21.5 Å². The number of hydrogen-bond donors (Lipinski definition) is 1. The first kappa shape index (κ1) is 20.2. The van der Waals surface area contributed by atoms with E-state index in [1.54, 1.807) is 12.3 Å². The Hall–Kier alpha value is -3.04. The van der Waals surface area contributed by atoms with E-state index in [-0.39, 0.29) is 18.3 Å². The average molecular weight is 441 g/mol. The van der Waals surface area contributed by atoms with Crippen molar-refractivity contribution in [3.05, 3.63) is 63.6 Å². The van der Waals surface area contributed by atoms with Gasteiger partial charge in [0.2, 0.25) is 0 Å². The van der Waals surface area contributed by atoms with Crippen LogP contribution in [0.3, 0.4) is 0 Å². The largest absolute Gasteiger partial charge is 0.466 e. The highest BCUT2D eigenvalue weighted by Gasteiger charge is 2.18. The summed E-state index contributed by atoms with van der Waals surface area (Å²) in [4.78, 5) is 30.2. The van der Waals surface area contributed by atoms with Gasteiger partial charge in [0.05, 0.1) is 35.8 Å². The zero-order chi connectivity index (χ0) is 21.1. The lowest BCUT2D eigenvalue weighted by atomic mass is 10.2. The van der Waals surface area contributed by atoms with Gasteiger partial charge in [-0.2, -0.15) is 5.10 Å². The Labute approximate surface area is 181 Å². The number of benzene rings is 1. The molecule has 0 saturated heterocycles. The number of hydrogen-bond acceptors (Lipinski definition) is 7. The number of carbonyl (C=O) groups excluding carboxylic acids is 2. The van der Waals surface area contributed by atoms with Gasteiger partial charge in [0, 0.05) is 10.8 Å². The molecule has 0 saturated carbocycles. The highest BCUT2D eigenvalue weighted by atomic mass is 32.1. The van der Waals surface area contributed by atoms with Gasteiger partial charge in [-0.1, -0.05) is 30.3 Å². The molecule has 0 aliphatic rings. The molecular weight excluding hydrogens is 420 g/mol. The zero-order valence-corrected chi connectivity index (χ0v) is 18.2. The van der Waals surface area contributed by atoms with Crippen molar-refractivity contribution in [2.75, 3.05) is 11.9 Å². The topological polar surface area (TPSA) is 86.1 Å². The van der Waals surface area contributed by atoms with Crippen LogP contribution in [-0.2, 0) is 22.5 Å². The minimum absolute atomic E-state index is 0.0949. The Balaban J connectivity index is 1.49. The first-order chi connectivity index (χ1) is 14.5. The summed E-state index contributed by atoms with van der Waals surface area (Å²) in [5.74, 6) is -0.553. The van der Waals surface area contributed by atoms with Crippen LogP contribution in [0.2, 0.25) is 0 Å². The Bertz CT molecular complexity index is 1190. The summed E-state index contributed by atoms with van der Waals surface area (Å²) < 4.78 is 6.86. The highest BCUT2D eigenvalue weighted by molar-refractivity contribution is 7.20. The van der Waals surface area contributed by atoms with Gasteiger partial charge in [-0.15, -0.1) is 22.7 Å². The Morgan fingerprint density at radius 1 is 1.23 bits per heavy atom. The molecule has 1 aromatic carbocycles. The fourth-order valence-corrected chi connectivity index (χ4v) is 4.81. The van der Waals surface area contributed by atoms with E-state index in [4.69, 9.17) is 4.74 Å². The third-order valence-electron chi connectivity index (χ3n) is 4.41. The number of amides is 1. The standard InChI is InChI=1S/C21H20N4O3S2/c1-3-28-18(26)9-15-12-29-21(22-15)23-19(27)17-10-16-13(2)24-25(20(16)30-17)11-14-7-5-4-6-8-14/h4-8,10,12H,3,9,11H2,1-2H3,(H,22,23,27). The summed E-state index contributed by atoms with van der Waals surface area (Å²) in [6.07, 6.45) is 0.0949. The van der Waals surface area contributed by atoms with Crippen molar-refractivity contribution in [2.24, 2.45) is 0 Å². The number of nitrogens with one attached hydrogen (secondary N) is 1. The molecule has 0 bridgehead atoms. The molecule has 9 heteroatoms. The van der Waals surface area contributed by atoms with E-state index < -0.39 is 0 Å². The van der Waals surface area contributed by atoms with Crippen LogP contribution in [0, 0.1) is 6.92 Å². The van der Waals surface area contributed by atoms with Gasteiger partial charge in [-0.05, 0) is 25.5 Å². The Kier molecular flexibility index (Phi) is 5.91. The van der Waals surface area contributed by atoms with E-state index in [1.165, 1.54) is 22.7 Å². The van der Waals surface area contributed by atoms with E-state index in [1.807, 2.05) is 35.9 Å². The van der Waals surface area contributed by atoms with E-state index in [9.17, 15) is 9.59 Å². The predicted octanol–water partition coefficient (Wildman–Crippen LogP) is 4.27. The van der Waals surface area contributed by atoms with Gasteiger partial charge >= 0.3 is 5.97 Å². The second-order valence-electron chi connectivity index (χ2n) is 6.64. The Morgan fingerprint density at radius 3 is 2.80 bits per heavy atom. The maximum Gasteiger partial charge on any atom is 0.311 e. The molecule has 0 aliphatic carbocycles. The SMILES string of the molecule is CCOC(=O)Cc1csc(NC(=O)c2cc3c(C)nn(Cc4ccccc4)c3s2)n1. The molecule has 0 aliphatic heterocycles. The number of ether oxygens (including phenoxy) is 1. The van der Waals surface area contributed by atoms with Gasteiger partial charge in [-0.25, -0.2) is 4.98 Å². The van der Waals surface area contributed by atoms with Gasteiger partial charge in [0.15, 0.2) is 5.13 Å². The average Bonchev–Trinajstić information content (AvgIpc) is 3.41. The summed E-state index contributed by atoms with van der Waals surface area (Å²) in [6.45, 7) is 4.69. The molecule has 1 N–H and O–H groups in total. The van der Waals surface area contributed by atoms with Gasteiger partial charge in [0.25, 0.3) is 5.91 Å². The normalized spacial score (nSPS) is 11.0. The van der Waals surface area contributed by atoms with Crippen molar-refractivity contribution < 1.29 is 14.3 Å². The molecule has 3 aromatic heterocycles. The fraction of sp³-hybridized carbons (Fsp3) is 0.238. The molecule has 1 amide bonds. The maximum atomic E-state index is 12.7. The number of aryl methyl sites for hydroxylation is 1. The number of rotatable bonds is 7. The lowest BCUT2D eigenvalue weighted by Gasteiger charge is -2.02. The number of thiazole rings is 1. The second kappa shape index (κ2) is 8.76. The lowest BCUT2D eigenvalue weighted by molar-refractivity contribution is -0.142. The van der Waals surface area contributed by atoms with Crippen LogP contribution in [0.15, 0.2) is 41.8 Å². The third kappa shape index (κ3) is 4.42. The minimum Gasteiger partial charge on any atom is -0.466 e. The lowest BCUT2D eigenvalue weighted by Crippen LogP contribution is -2.11. The third-order valence-corrected chi connectivity index (χ3v) is 6.36. The molecule has 154 valence electrons. The van der Waals surface area contributed by atoms with Crippen molar-refractivity contribution in [1.82, 2.24) is 14.8 Å². The molecular formula is C21H20N4O3S2. The molecule has 0 unspecified atom stereocenters. The summed E-state index contributed by atoms with van der Waals surface area (Å²) in [5, 5.41) is 10.6. The quantitative estimate of drug-likeness (QED) is 0.434. The number of thiophene rings is 1. The van der Waals surface area contributed by atoms with Crippen LogP contribution >= 0.6 is 22.7 Å². The highest BCUT2D eigenvalue weighted by Crippen LogP contribution is 2.29. The molecule has 0 radical (unpaired) electrons. The molecule has 4 rings (SSSR count). The minimum atomic E-state index is -0.330. The Morgan fingerprint density at radius 2 is 2.03 bits per heavy atom. The number of carbonyl (C=O) groups is 2. The van der Waals surface area contributed by atoms with Crippen molar-refractivity contribution in [1.29, 1.82) is 0 Å². The molecule has 7 nitrogen and oxygen atoms in total. The van der Waals surface area contributed by atoms with Crippen LogP contribution in [0.1, 0.15) is 33.5 Å². The second-order valence-corrected chi connectivity index (χ2v) is 8.53. The smallest absolute Gasteiger partial charge is 0.311 e. The molecule has 0 spiro atoms. The van der Waals surface area contributed by atoms with Crippen molar-refractivity contribution in [3.8, 4) is 0 Å². The number of fused-ring (bicyclic) bond motifs is 1. The van der Waals surface area contributed by atoms with Crippen LogP contribution < -0.4 is 5.32 Å². The predicted molar refractivity (Wildman–Crippen MR) is 118 cm³/mol. The van der Waals surface area contributed by atoms with Crippen molar-refractivity contribution in [2.45, 2.75) is 26.8 Å². The number of anilines is 1. The zero-order valence-electron chi connectivity index (χ0n) is 16.5. The van der Waals surface area contributed by atoms with Crippen LogP contribution in [-0.4, -0.2) is 33.2 Å². The van der Waals surface area contributed by atoms with E-state index >= 15 is 0 Å². The van der Waals surface area contributed by atoms with Crippen molar-refractivity contribution >= 4 is 49.9 Å². The van der Waals surface area contributed by atoms with Crippen LogP contribution in [0.5, 0.6) is 0 Å². The van der Waals surface area contributed by atoms with Crippen molar-refractivity contribution in [3.63, 3.8) is 0 Å².